The molecule has 0 spiro atoms. The molecule has 0 aromatic heterocycles. The van der Waals surface area contributed by atoms with E-state index in [1.54, 1.807) is 0 Å². The van der Waals surface area contributed by atoms with Crippen molar-refractivity contribution in [3.63, 3.8) is 0 Å². The number of hydrogen-bond donors (Lipinski definition) is 0. The van der Waals surface area contributed by atoms with Gasteiger partial charge in [0.05, 0.1) is 0 Å². The smallest absolute Gasteiger partial charge is 0.0484 e. The van der Waals surface area contributed by atoms with E-state index in [9.17, 15) is 0 Å². The Morgan fingerprint density at radius 3 is 1.70 bits per heavy atom. The molecule has 0 aliphatic carbocycles. The van der Waals surface area contributed by atoms with E-state index < -0.39 is 0 Å². The molecule has 0 saturated heterocycles. The molecule has 4 aromatic carbocycles. The lowest BCUT2D eigenvalue weighted by Gasteiger charge is -2.22. The molecule has 0 N–H and O–H groups in total. The first-order chi connectivity index (χ1) is 15.9. The molecule has 4 aromatic rings. The van der Waals surface area contributed by atoms with Crippen LogP contribution in [0.25, 0.3) is 11.1 Å². The molecule has 0 aliphatic rings. The van der Waals surface area contributed by atoms with Crippen LogP contribution in [0.5, 0.6) is 0 Å². The fourth-order valence-electron chi connectivity index (χ4n) is 3.52. The van der Waals surface area contributed by atoms with Gasteiger partial charge in [-0.25, -0.2) is 0 Å². The van der Waals surface area contributed by atoms with Gasteiger partial charge in [0.2, 0.25) is 0 Å². The average Bonchev–Trinajstić information content (AvgIpc) is 2.82. The van der Waals surface area contributed by atoms with Crippen LogP contribution in [0, 0.1) is 23.7 Å². The summed E-state index contributed by atoms with van der Waals surface area (Å²) in [7, 11) is 0. The van der Waals surface area contributed by atoms with E-state index in [0.29, 0.717) is 0 Å². The monoisotopic (exact) mass is 488 g/mol. The largest absolute Gasteiger partial charge is 0.0622 e. The number of hydrogen-bond acceptors (Lipinski definition) is 0. The summed E-state index contributed by atoms with van der Waals surface area (Å²) in [4.78, 5) is 0. The summed E-state index contributed by atoms with van der Waals surface area (Å²) >= 11 is 3.75. The van der Waals surface area contributed by atoms with E-state index in [1.165, 1.54) is 5.56 Å². The van der Waals surface area contributed by atoms with Crippen LogP contribution in [-0.2, 0) is 5.41 Å². The molecule has 0 bridgehead atoms. The van der Waals surface area contributed by atoms with Crippen molar-refractivity contribution in [1.29, 1.82) is 0 Å². The van der Waals surface area contributed by atoms with Crippen molar-refractivity contribution in [2.45, 2.75) is 26.2 Å². The predicted molar refractivity (Wildman–Crippen MR) is 143 cm³/mol. The zero-order valence-corrected chi connectivity index (χ0v) is 20.7. The number of halogens is 1. The zero-order chi connectivity index (χ0) is 23.3. The lowest BCUT2D eigenvalue weighted by atomic mass is 9.82. The average molecular weight is 489 g/mol. The van der Waals surface area contributed by atoms with Gasteiger partial charge in [-0.1, -0.05) is 115 Å². The number of rotatable bonds is 1. The third kappa shape index (κ3) is 5.64. The highest BCUT2D eigenvalue weighted by molar-refractivity contribution is 9.10. The normalized spacial score (nSPS) is 10.5. The maximum atomic E-state index is 3.75. The first kappa shape index (κ1) is 22.7. The second-order valence-electron chi connectivity index (χ2n) is 8.91. The van der Waals surface area contributed by atoms with Crippen LogP contribution in [0.3, 0.4) is 0 Å². The van der Waals surface area contributed by atoms with E-state index in [1.807, 2.05) is 66.7 Å². The number of benzene rings is 4. The SMILES string of the molecule is CC(C)(C)c1cc(C#Cc2ccccc2)c(C#Cc2ccccc2)c(-c2ccccc2Br)c1. The minimum absolute atomic E-state index is 0.0232. The predicted octanol–water partition coefficient (Wildman–Crippen LogP) is 8.21. The topological polar surface area (TPSA) is 0 Å². The molecule has 0 unspecified atom stereocenters. The van der Waals surface area contributed by atoms with Crippen LogP contribution < -0.4 is 0 Å². The van der Waals surface area contributed by atoms with Gasteiger partial charge >= 0.3 is 0 Å². The minimum atomic E-state index is -0.0232. The van der Waals surface area contributed by atoms with Gasteiger partial charge in [0.1, 0.15) is 0 Å². The van der Waals surface area contributed by atoms with Crippen LogP contribution in [0.2, 0.25) is 0 Å². The maximum Gasteiger partial charge on any atom is 0.0484 e. The molecule has 0 fully saturated rings. The van der Waals surface area contributed by atoms with Crippen molar-refractivity contribution in [2.24, 2.45) is 0 Å². The Labute approximate surface area is 205 Å². The Balaban J connectivity index is 2.00. The minimum Gasteiger partial charge on any atom is -0.0622 e. The molecule has 0 amide bonds. The molecule has 33 heavy (non-hydrogen) atoms. The Morgan fingerprint density at radius 2 is 1.12 bits per heavy atom. The van der Waals surface area contributed by atoms with Gasteiger partial charge in [0, 0.05) is 32.3 Å². The maximum absolute atomic E-state index is 3.75. The van der Waals surface area contributed by atoms with Crippen LogP contribution in [0.1, 0.15) is 48.6 Å². The molecule has 1 heteroatoms. The molecule has 0 heterocycles. The van der Waals surface area contributed by atoms with Gasteiger partial charge in [0.25, 0.3) is 0 Å². The Bertz CT molecular complexity index is 1380. The highest BCUT2D eigenvalue weighted by Crippen LogP contribution is 2.36. The zero-order valence-electron chi connectivity index (χ0n) is 19.1. The fourth-order valence-corrected chi connectivity index (χ4v) is 4.02. The van der Waals surface area contributed by atoms with E-state index in [4.69, 9.17) is 0 Å². The molecule has 0 saturated carbocycles. The molecule has 0 atom stereocenters. The second-order valence-corrected chi connectivity index (χ2v) is 9.76. The van der Waals surface area contributed by atoms with Crippen LogP contribution in [-0.4, -0.2) is 0 Å². The van der Waals surface area contributed by atoms with Crippen molar-refractivity contribution in [1.82, 2.24) is 0 Å². The highest BCUT2D eigenvalue weighted by atomic mass is 79.9. The van der Waals surface area contributed by atoms with Crippen molar-refractivity contribution in [3.05, 3.63) is 129 Å². The molecule has 0 nitrogen and oxygen atoms in total. The summed E-state index contributed by atoms with van der Waals surface area (Å²) in [6, 6.07) is 33.0. The second kappa shape index (κ2) is 9.95. The van der Waals surface area contributed by atoms with E-state index >= 15 is 0 Å². The molecular weight excluding hydrogens is 464 g/mol. The molecular formula is C32H25Br. The van der Waals surface area contributed by atoms with Crippen LogP contribution in [0.15, 0.2) is 102 Å². The first-order valence-electron chi connectivity index (χ1n) is 11.0. The van der Waals surface area contributed by atoms with Gasteiger partial charge in [0.15, 0.2) is 0 Å². The van der Waals surface area contributed by atoms with E-state index in [0.717, 1.165) is 37.9 Å². The Hall–Kier alpha value is -3.52. The first-order valence-corrected chi connectivity index (χ1v) is 11.8. The van der Waals surface area contributed by atoms with E-state index in [-0.39, 0.29) is 5.41 Å². The van der Waals surface area contributed by atoms with Crippen LogP contribution in [0.4, 0.5) is 0 Å². The van der Waals surface area contributed by atoms with Gasteiger partial charge < -0.3 is 0 Å². The summed E-state index contributed by atoms with van der Waals surface area (Å²) < 4.78 is 1.04. The van der Waals surface area contributed by atoms with Crippen molar-refractivity contribution in [2.75, 3.05) is 0 Å². The standard InChI is InChI=1S/C32H25Br/c1-32(2,3)27-22-26(20-18-24-12-6-4-7-13-24)28(21-19-25-14-8-5-9-15-25)30(23-27)29-16-10-11-17-31(29)33/h4-17,22-23H,1-3H3. The van der Waals surface area contributed by atoms with Crippen molar-refractivity contribution < 1.29 is 0 Å². The highest BCUT2D eigenvalue weighted by Gasteiger charge is 2.19. The Kier molecular flexibility index (Phi) is 6.84. The summed E-state index contributed by atoms with van der Waals surface area (Å²) in [6.45, 7) is 6.70. The van der Waals surface area contributed by atoms with Gasteiger partial charge in [-0.3, -0.25) is 0 Å². The summed E-state index contributed by atoms with van der Waals surface area (Å²) in [5, 5.41) is 0. The molecule has 4 rings (SSSR count). The quantitative estimate of drug-likeness (QED) is 0.236. The van der Waals surface area contributed by atoms with Gasteiger partial charge in [-0.15, -0.1) is 0 Å². The lowest BCUT2D eigenvalue weighted by molar-refractivity contribution is 0.590. The summed E-state index contributed by atoms with van der Waals surface area (Å²) in [6.07, 6.45) is 0. The molecule has 0 radical (unpaired) electrons. The summed E-state index contributed by atoms with van der Waals surface area (Å²) in [5.41, 5.74) is 7.28. The van der Waals surface area contributed by atoms with Gasteiger partial charge in [-0.2, -0.15) is 0 Å². The van der Waals surface area contributed by atoms with Crippen LogP contribution >= 0.6 is 15.9 Å². The fraction of sp³-hybridized carbons (Fsp3) is 0.125. The van der Waals surface area contributed by atoms with E-state index in [2.05, 4.69) is 90.7 Å². The Morgan fingerprint density at radius 1 is 0.576 bits per heavy atom. The third-order valence-electron chi connectivity index (χ3n) is 5.39. The lowest BCUT2D eigenvalue weighted by Crippen LogP contribution is -2.12. The molecule has 0 aliphatic heterocycles. The third-order valence-corrected chi connectivity index (χ3v) is 6.08. The summed E-state index contributed by atoms with van der Waals surface area (Å²) in [5.74, 6) is 13.6. The van der Waals surface area contributed by atoms with Crippen molar-refractivity contribution in [3.8, 4) is 34.8 Å². The van der Waals surface area contributed by atoms with Gasteiger partial charge in [-0.05, 0) is 59.0 Å². The van der Waals surface area contributed by atoms with Crippen molar-refractivity contribution >= 4 is 15.9 Å². The molecule has 160 valence electrons.